The molecule has 3 heteroatoms. The van der Waals surface area contributed by atoms with E-state index in [9.17, 15) is 0 Å². The Morgan fingerprint density at radius 2 is 1.95 bits per heavy atom. The van der Waals surface area contributed by atoms with Gasteiger partial charge in [0.15, 0.2) is 0 Å². The zero-order valence-electron chi connectivity index (χ0n) is 12.1. The predicted octanol–water partition coefficient (Wildman–Crippen LogP) is 4.75. The van der Waals surface area contributed by atoms with Crippen molar-refractivity contribution in [2.24, 2.45) is 0 Å². The number of thioether (sulfide) groups is 1. The van der Waals surface area contributed by atoms with Gasteiger partial charge in [0.2, 0.25) is 0 Å². The molecule has 0 bridgehead atoms. The van der Waals surface area contributed by atoms with Crippen molar-refractivity contribution in [3.63, 3.8) is 0 Å². The molecule has 1 atom stereocenters. The Labute approximate surface area is 132 Å². The van der Waals surface area contributed by atoms with E-state index < -0.39 is 0 Å². The molecule has 3 rings (SSSR count). The van der Waals surface area contributed by atoms with E-state index in [0.29, 0.717) is 5.92 Å². The lowest BCUT2D eigenvalue weighted by Crippen LogP contribution is -2.40. The first-order chi connectivity index (χ1) is 9.88. The molecular weight excluding hydrogens is 286 g/mol. The minimum absolute atomic E-state index is 0.696. The monoisotopic (exact) mass is 309 g/mol. The molecule has 0 amide bonds. The van der Waals surface area contributed by atoms with Gasteiger partial charge in [-0.25, -0.2) is 0 Å². The molecule has 2 aliphatic rings. The maximum atomic E-state index is 6.05. The molecular formula is C17H24ClNS. The Morgan fingerprint density at radius 3 is 2.75 bits per heavy atom. The van der Waals surface area contributed by atoms with Crippen molar-refractivity contribution in [1.29, 1.82) is 0 Å². The second kappa shape index (κ2) is 7.20. The highest BCUT2D eigenvalue weighted by Crippen LogP contribution is 2.40. The van der Waals surface area contributed by atoms with Gasteiger partial charge < -0.3 is 0 Å². The molecule has 0 N–H and O–H groups in total. The molecule has 0 aromatic heterocycles. The molecule has 1 fully saturated rings. The van der Waals surface area contributed by atoms with E-state index in [0.717, 1.165) is 18.5 Å². The van der Waals surface area contributed by atoms with Crippen LogP contribution in [0.1, 0.15) is 43.6 Å². The van der Waals surface area contributed by atoms with Crippen LogP contribution in [0.15, 0.2) is 29.2 Å². The second-order valence-electron chi connectivity index (χ2n) is 6.02. The summed E-state index contributed by atoms with van der Waals surface area (Å²) in [5, 5.41) is 0. The van der Waals surface area contributed by atoms with E-state index in [2.05, 4.69) is 29.2 Å². The van der Waals surface area contributed by atoms with Gasteiger partial charge in [-0.15, -0.1) is 23.4 Å². The topological polar surface area (TPSA) is 3.24 Å². The van der Waals surface area contributed by atoms with Crippen LogP contribution in [0.3, 0.4) is 0 Å². The summed E-state index contributed by atoms with van der Waals surface area (Å²) < 4.78 is 0. The lowest BCUT2D eigenvalue weighted by atomic mass is 9.92. The summed E-state index contributed by atoms with van der Waals surface area (Å²) in [7, 11) is 0. The van der Waals surface area contributed by atoms with Gasteiger partial charge in [0, 0.05) is 41.6 Å². The largest absolute Gasteiger partial charge is 0.299 e. The third-order valence-corrected chi connectivity index (χ3v) is 6.14. The standard InChI is InChI=1S/C17H24ClNS/c18-10-11-19(15-6-2-1-3-7-15)12-14-13-20-17-9-5-4-8-16(14)17/h4-5,8-9,14-15H,1-3,6-7,10-13H2. The molecule has 1 nitrogen and oxygen atoms in total. The van der Waals surface area contributed by atoms with Gasteiger partial charge in [0.25, 0.3) is 0 Å². The summed E-state index contributed by atoms with van der Waals surface area (Å²) in [4.78, 5) is 4.17. The van der Waals surface area contributed by atoms with Crippen molar-refractivity contribution in [1.82, 2.24) is 4.90 Å². The van der Waals surface area contributed by atoms with E-state index in [1.54, 1.807) is 5.56 Å². The number of alkyl halides is 1. The maximum Gasteiger partial charge on any atom is 0.0351 e. The highest BCUT2D eigenvalue weighted by atomic mass is 35.5. The summed E-state index contributed by atoms with van der Waals surface area (Å²) in [6, 6.07) is 9.71. The van der Waals surface area contributed by atoms with E-state index in [1.165, 1.54) is 49.3 Å². The molecule has 110 valence electrons. The van der Waals surface area contributed by atoms with Crippen molar-refractivity contribution in [2.75, 3.05) is 24.7 Å². The van der Waals surface area contributed by atoms with Crippen molar-refractivity contribution in [3.8, 4) is 0 Å². The van der Waals surface area contributed by atoms with Crippen LogP contribution in [0, 0.1) is 0 Å². The summed E-state index contributed by atoms with van der Waals surface area (Å²) in [5.74, 6) is 2.70. The van der Waals surface area contributed by atoms with Gasteiger partial charge >= 0.3 is 0 Å². The average Bonchev–Trinajstić information content (AvgIpc) is 2.91. The van der Waals surface area contributed by atoms with Crippen LogP contribution >= 0.6 is 23.4 Å². The number of halogens is 1. The van der Waals surface area contributed by atoms with Crippen LogP contribution in [-0.2, 0) is 0 Å². The van der Waals surface area contributed by atoms with Gasteiger partial charge in [-0.3, -0.25) is 4.90 Å². The van der Waals surface area contributed by atoms with Crippen molar-refractivity contribution in [3.05, 3.63) is 29.8 Å². The number of rotatable bonds is 5. The molecule has 0 radical (unpaired) electrons. The fourth-order valence-electron chi connectivity index (χ4n) is 3.64. The van der Waals surface area contributed by atoms with E-state index in [1.807, 2.05) is 11.8 Å². The molecule has 1 aromatic rings. The van der Waals surface area contributed by atoms with Crippen LogP contribution in [0.5, 0.6) is 0 Å². The zero-order chi connectivity index (χ0) is 13.8. The molecule has 0 spiro atoms. The second-order valence-corrected chi connectivity index (χ2v) is 7.46. The quantitative estimate of drug-likeness (QED) is 0.722. The summed E-state index contributed by atoms with van der Waals surface area (Å²) >= 11 is 8.08. The van der Waals surface area contributed by atoms with Gasteiger partial charge in [-0.05, 0) is 24.5 Å². The van der Waals surface area contributed by atoms with Gasteiger partial charge in [0.05, 0.1) is 0 Å². The lowest BCUT2D eigenvalue weighted by Gasteiger charge is -2.35. The zero-order valence-corrected chi connectivity index (χ0v) is 13.6. The van der Waals surface area contributed by atoms with Crippen molar-refractivity contribution in [2.45, 2.75) is 49.0 Å². The summed E-state index contributed by atoms with van der Waals surface area (Å²) in [6.45, 7) is 2.25. The van der Waals surface area contributed by atoms with Crippen molar-refractivity contribution >= 4 is 23.4 Å². The van der Waals surface area contributed by atoms with E-state index in [-0.39, 0.29) is 0 Å². The minimum atomic E-state index is 0.696. The molecule has 1 saturated carbocycles. The van der Waals surface area contributed by atoms with Gasteiger partial charge in [-0.2, -0.15) is 0 Å². The molecule has 1 aromatic carbocycles. The predicted molar refractivity (Wildman–Crippen MR) is 89.1 cm³/mol. The SMILES string of the molecule is ClCCN(CC1CSc2ccccc21)C1CCCCC1. The maximum absolute atomic E-state index is 6.05. The van der Waals surface area contributed by atoms with E-state index in [4.69, 9.17) is 11.6 Å². The fourth-order valence-corrected chi connectivity index (χ4v) is 5.10. The Bertz CT molecular complexity index is 431. The molecule has 0 saturated heterocycles. The Kier molecular flexibility index (Phi) is 5.30. The minimum Gasteiger partial charge on any atom is -0.299 e. The van der Waals surface area contributed by atoms with Crippen LogP contribution < -0.4 is 0 Å². The van der Waals surface area contributed by atoms with Gasteiger partial charge in [0.1, 0.15) is 0 Å². The Morgan fingerprint density at radius 1 is 1.15 bits per heavy atom. The average molecular weight is 310 g/mol. The summed E-state index contributed by atoms with van der Waals surface area (Å²) in [5.41, 5.74) is 1.56. The van der Waals surface area contributed by atoms with Crippen LogP contribution in [0.25, 0.3) is 0 Å². The summed E-state index contributed by atoms with van der Waals surface area (Å²) in [6.07, 6.45) is 6.98. The van der Waals surface area contributed by atoms with Gasteiger partial charge in [-0.1, -0.05) is 37.5 Å². The number of nitrogens with zero attached hydrogens (tertiary/aromatic N) is 1. The fraction of sp³-hybridized carbons (Fsp3) is 0.647. The van der Waals surface area contributed by atoms with E-state index >= 15 is 0 Å². The highest BCUT2D eigenvalue weighted by molar-refractivity contribution is 7.99. The molecule has 20 heavy (non-hydrogen) atoms. The first-order valence-electron chi connectivity index (χ1n) is 7.90. The molecule has 1 heterocycles. The highest BCUT2D eigenvalue weighted by Gasteiger charge is 2.28. The molecule has 1 unspecified atom stereocenters. The number of benzene rings is 1. The van der Waals surface area contributed by atoms with Crippen LogP contribution in [0.2, 0.25) is 0 Å². The smallest absolute Gasteiger partial charge is 0.0351 e. The van der Waals surface area contributed by atoms with Crippen LogP contribution in [-0.4, -0.2) is 35.7 Å². The third-order valence-electron chi connectivity index (χ3n) is 4.72. The number of hydrogen-bond acceptors (Lipinski definition) is 2. The number of hydrogen-bond donors (Lipinski definition) is 0. The van der Waals surface area contributed by atoms with Crippen molar-refractivity contribution < 1.29 is 0 Å². The molecule has 1 aliphatic heterocycles. The normalized spacial score (nSPS) is 23.2. The lowest BCUT2D eigenvalue weighted by molar-refractivity contribution is 0.158. The third kappa shape index (κ3) is 3.35. The number of fused-ring (bicyclic) bond motifs is 1. The Hall–Kier alpha value is -0.180. The first kappa shape index (κ1) is 14.7. The molecule has 1 aliphatic carbocycles. The Balaban J connectivity index is 1.67. The first-order valence-corrected chi connectivity index (χ1v) is 9.42. The van der Waals surface area contributed by atoms with Crippen LogP contribution in [0.4, 0.5) is 0 Å².